The lowest BCUT2D eigenvalue weighted by Gasteiger charge is -2.14. The normalized spacial score (nSPS) is 11.0. The van der Waals surface area contributed by atoms with Crippen molar-refractivity contribution in [1.29, 1.82) is 0 Å². The Balaban J connectivity index is 0.000000113. The van der Waals surface area contributed by atoms with Gasteiger partial charge in [0.25, 0.3) is 0 Å². The Morgan fingerprint density at radius 3 is 0.926 bits per heavy atom. The van der Waals surface area contributed by atoms with Crippen molar-refractivity contribution < 1.29 is 22.8 Å². The Bertz CT molecular complexity index is 6530. The lowest BCUT2D eigenvalue weighted by atomic mass is 9.91. The quantitative estimate of drug-likeness (QED) is 0.121. The van der Waals surface area contributed by atoms with Crippen molar-refractivity contribution in [3.05, 3.63) is 393 Å². The summed E-state index contributed by atoms with van der Waals surface area (Å²) in [5.41, 5.74) is 29.2. The summed E-state index contributed by atoms with van der Waals surface area (Å²) in [6, 6.07) is 90.4. The summed E-state index contributed by atoms with van der Waals surface area (Å²) in [5, 5.41) is 11.9. The van der Waals surface area contributed by atoms with E-state index in [9.17, 15) is 0 Å². The number of pyridine rings is 6. The topological polar surface area (TPSA) is 148 Å². The fourth-order valence-corrected chi connectivity index (χ4v) is 16.7. The molecule has 10 heterocycles. The summed E-state index contributed by atoms with van der Waals surface area (Å²) in [6.07, 6.45) is 28.2. The number of aryl methyl sites for hydroxylation is 11. The van der Waals surface area contributed by atoms with E-state index in [1.54, 1.807) is 50.0 Å². The van der Waals surface area contributed by atoms with Crippen molar-refractivity contribution in [3.8, 4) is 113 Å². The van der Waals surface area contributed by atoms with Crippen molar-refractivity contribution >= 4 is 53.9 Å². The van der Waals surface area contributed by atoms with Crippen LogP contribution < -0.4 is 22.8 Å². The van der Waals surface area contributed by atoms with Gasteiger partial charge in [0.15, 0.2) is 42.6 Å². The predicted molar refractivity (Wildman–Crippen MR) is 491 cm³/mol. The van der Waals surface area contributed by atoms with Gasteiger partial charge in [-0.2, -0.15) is 22.8 Å². The summed E-state index contributed by atoms with van der Waals surface area (Å²) in [6.45, 7) is 15.1. The number of nitrogens with zero attached hydrogens (tertiary/aromatic N) is 15. The average molecular weight is 1590 g/mol. The van der Waals surface area contributed by atoms with E-state index in [2.05, 4.69) is 424 Å². The Morgan fingerprint density at radius 1 is 0.221 bits per heavy atom. The molecule has 0 fully saturated rings. The van der Waals surface area contributed by atoms with E-state index >= 15 is 0 Å². The molecule has 20 rings (SSSR count). The average Bonchev–Trinajstić information content (AvgIpc) is 0.771. The summed E-state index contributed by atoms with van der Waals surface area (Å²) in [7, 11) is 10.5. The minimum Gasteiger partial charge on any atom is -0.261 e. The number of aromatic nitrogens is 15. The highest BCUT2D eigenvalue weighted by molar-refractivity contribution is 6.05. The predicted octanol–water partition coefficient (Wildman–Crippen LogP) is 21.1. The van der Waals surface area contributed by atoms with Crippen LogP contribution in [0.1, 0.15) is 38.9 Å². The van der Waals surface area contributed by atoms with E-state index < -0.39 is 0 Å². The molecule has 592 valence electrons. The molecule has 0 bridgehead atoms. The Labute approximate surface area is 711 Å². The molecule has 122 heavy (non-hydrogen) atoms. The Hall–Kier alpha value is -15.4. The third kappa shape index (κ3) is 16.7. The van der Waals surface area contributed by atoms with Gasteiger partial charge in [0.05, 0.1) is 56.7 Å². The van der Waals surface area contributed by atoms with Crippen molar-refractivity contribution in [2.45, 2.75) is 48.5 Å². The van der Waals surface area contributed by atoms with Crippen LogP contribution in [0, 0.1) is 48.5 Å². The molecular weight excluding hydrogens is 1500 g/mol. The van der Waals surface area contributed by atoms with Crippen LogP contribution in [-0.2, 0) is 35.2 Å². The molecule has 0 aliphatic carbocycles. The monoisotopic (exact) mass is 1590 g/mol. The molecule has 10 aromatic heterocycles. The molecule has 10 aromatic carbocycles. The summed E-state index contributed by atoms with van der Waals surface area (Å²) in [5.74, 6) is 1.44. The zero-order chi connectivity index (χ0) is 84.3. The van der Waals surface area contributed by atoms with Crippen molar-refractivity contribution in [2.24, 2.45) is 35.2 Å². The minimum atomic E-state index is 0.690. The highest BCUT2D eigenvalue weighted by Gasteiger charge is 2.30. The van der Waals surface area contributed by atoms with E-state index in [0.717, 1.165) is 73.0 Å². The number of hydrogen-bond acceptors (Lipinski definition) is 10. The van der Waals surface area contributed by atoms with Crippen LogP contribution in [0.5, 0.6) is 0 Å². The maximum absolute atomic E-state index is 4.69. The van der Waals surface area contributed by atoms with Crippen LogP contribution in [0.15, 0.2) is 354 Å². The fourth-order valence-electron chi connectivity index (χ4n) is 16.7. The van der Waals surface area contributed by atoms with Crippen LogP contribution >= 0.6 is 0 Å². The number of hydrogen-bond donors (Lipinski definition) is 0. The molecule has 0 amide bonds. The van der Waals surface area contributed by atoms with Crippen LogP contribution in [0.4, 0.5) is 0 Å². The van der Waals surface area contributed by atoms with Gasteiger partial charge in [-0.1, -0.05) is 181 Å². The second-order valence-corrected chi connectivity index (χ2v) is 30.7. The van der Waals surface area contributed by atoms with E-state index in [0.29, 0.717) is 5.82 Å². The molecular formula is C107H94N15+5. The zero-order valence-electron chi connectivity index (χ0n) is 70.7. The molecule has 15 nitrogen and oxygen atoms in total. The van der Waals surface area contributed by atoms with Gasteiger partial charge in [0, 0.05) is 113 Å². The van der Waals surface area contributed by atoms with Gasteiger partial charge in [-0.3, -0.25) is 15.0 Å². The second kappa shape index (κ2) is 36.3. The van der Waals surface area contributed by atoms with Crippen LogP contribution in [0.25, 0.3) is 167 Å². The van der Waals surface area contributed by atoms with Crippen molar-refractivity contribution in [2.75, 3.05) is 0 Å². The molecule has 0 spiro atoms. The van der Waals surface area contributed by atoms with Gasteiger partial charge in [-0.15, -0.1) is 0 Å². The Kier molecular flexibility index (Phi) is 23.9. The smallest absolute Gasteiger partial charge is 0.224 e. The van der Waals surface area contributed by atoms with Crippen molar-refractivity contribution in [3.63, 3.8) is 0 Å². The van der Waals surface area contributed by atoms with Gasteiger partial charge < -0.3 is 0 Å². The molecule has 0 radical (unpaired) electrons. The van der Waals surface area contributed by atoms with E-state index in [1.807, 2.05) is 36.7 Å². The molecule has 0 saturated heterocycles. The maximum atomic E-state index is 4.69. The summed E-state index contributed by atoms with van der Waals surface area (Å²) >= 11 is 0. The van der Waals surface area contributed by atoms with Gasteiger partial charge in [-0.05, 0) is 167 Å². The molecule has 0 atom stereocenters. The first-order valence-electron chi connectivity index (χ1n) is 40.8. The van der Waals surface area contributed by atoms with E-state index in [4.69, 9.17) is 0 Å². The fraction of sp³-hybridized carbons (Fsp3) is 0.112. The Morgan fingerprint density at radius 2 is 0.549 bits per heavy atom. The molecule has 15 heteroatoms. The lowest BCUT2D eigenvalue weighted by Crippen LogP contribution is -2.32. The summed E-state index contributed by atoms with van der Waals surface area (Å²) < 4.78 is 11.0. The minimum absolute atomic E-state index is 0.690. The first-order valence-corrected chi connectivity index (χ1v) is 40.8. The molecule has 0 N–H and O–H groups in total. The first-order chi connectivity index (χ1) is 59.6. The van der Waals surface area contributed by atoms with Gasteiger partial charge in [0.2, 0.25) is 28.5 Å². The van der Waals surface area contributed by atoms with Crippen LogP contribution in [0.3, 0.4) is 0 Å². The molecule has 20 aromatic rings. The van der Waals surface area contributed by atoms with Crippen LogP contribution in [-0.4, -0.2) is 49.8 Å². The van der Waals surface area contributed by atoms with E-state index in [1.165, 1.54) is 127 Å². The van der Waals surface area contributed by atoms with Crippen LogP contribution in [0.2, 0.25) is 0 Å². The number of rotatable bonds is 10. The van der Waals surface area contributed by atoms with Gasteiger partial charge in [0.1, 0.15) is 54.2 Å². The third-order valence-corrected chi connectivity index (χ3v) is 22.5. The largest absolute Gasteiger partial charge is 0.261 e. The summed E-state index contributed by atoms with van der Waals surface area (Å²) in [4.78, 5) is 44.0. The molecule has 0 aliphatic heterocycles. The highest BCUT2D eigenvalue weighted by atomic mass is 15.0. The molecule has 0 saturated carbocycles. The lowest BCUT2D eigenvalue weighted by molar-refractivity contribution is -0.658. The van der Waals surface area contributed by atoms with Gasteiger partial charge >= 0.3 is 0 Å². The molecule has 0 aliphatic rings. The SMILES string of the molecule is Cc1cc(C)c(C)c(-c2c(-c3ccccn3)c3ccccc3c[n+]2C)c1.Cc1ccccc1-c1c(-c2ccncn2)c2ccccc2c[n+]1C.Cc1ccccc1-c1c(-c2cnccn2)c2ccccc2c[n+]1C.Cc1ccccc1-c1c(-c2ncccn2)c2ccccc2c[n+]1C.Cc1ccccc1-c1c(-c2ncncn2)c2ccccc2c[n+]1C. The van der Waals surface area contributed by atoms with E-state index in [-0.39, 0.29) is 0 Å². The number of benzene rings is 10. The standard InChI is InChI=1S/C24H23N2.3C21H18N3.C20H17N4/c1-16-13-17(2)18(3)21(14-16)24-23(22-11-7-8-12-25-22)20-10-6-5-9-19(20)15-26(24)4;1-15-8-3-5-10-17(15)20-19(21-22-12-7-13-23-21)18-11-6-4-9-16(18)14-24(20)2;1-15-7-3-5-9-17(15)21-20(19-13-22-11-12-23-19)18-10-6-4-8-16(18)14-24(21)2;1-15-7-3-5-9-17(15)21-20(19-11-12-22-14-23-19)18-10-6-4-8-16(18)13-24(21)2;1-14-7-3-5-9-16(14)19-18(20-22-12-21-13-23-20)17-10-6-4-8-15(17)11-24(19)2/h5-15H,1-4H3;3*3-14H,1-2H3;3-13H,1-2H3/q5*+1. The molecule has 0 unspecified atom stereocenters. The highest BCUT2D eigenvalue weighted by Crippen LogP contribution is 2.42. The van der Waals surface area contributed by atoms with Gasteiger partial charge in [-0.25, -0.2) is 34.9 Å². The zero-order valence-corrected chi connectivity index (χ0v) is 70.7. The number of fused-ring (bicyclic) bond motifs is 5. The first kappa shape index (κ1) is 80.4. The maximum Gasteiger partial charge on any atom is 0.224 e. The second-order valence-electron chi connectivity index (χ2n) is 30.7. The van der Waals surface area contributed by atoms with Crippen molar-refractivity contribution in [1.82, 2.24) is 49.8 Å². The third-order valence-electron chi connectivity index (χ3n) is 22.5.